The van der Waals surface area contributed by atoms with E-state index in [1.165, 1.54) is 5.56 Å². The molecule has 0 fully saturated rings. The molecular weight excluding hydrogens is 248 g/mol. The van der Waals surface area contributed by atoms with Crippen LogP contribution in [0.1, 0.15) is 11.1 Å². The van der Waals surface area contributed by atoms with Crippen LogP contribution in [0.2, 0.25) is 0 Å². The van der Waals surface area contributed by atoms with Gasteiger partial charge < -0.3 is 5.32 Å². The van der Waals surface area contributed by atoms with E-state index in [0.29, 0.717) is 12.3 Å². The zero-order valence-electron chi connectivity index (χ0n) is 11.5. The molecule has 2 aromatic rings. The molecule has 2 aromatic carbocycles. The third-order valence-corrected chi connectivity index (χ3v) is 3.00. The molecule has 0 aliphatic heterocycles. The van der Waals surface area contributed by atoms with Crippen molar-refractivity contribution in [3.05, 3.63) is 71.8 Å². The van der Waals surface area contributed by atoms with Crippen LogP contribution >= 0.6 is 0 Å². The first-order valence-electron chi connectivity index (χ1n) is 6.67. The van der Waals surface area contributed by atoms with Gasteiger partial charge in [0.2, 0.25) is 0 Å². The van der Waals surface area contributed by atoms with E-state index >= 15 is 0 Å². The Morgan fingerprint density at radius 3 is 2.20 bits per heavy atom. The number of hydrogen-bond acceptors (Lipinski definition) is 2. The Bertz CT molecular complexity index is 576. The fraction of sp³-hybridized carbons (Fsp3) is 0.176. The minimum Gasteiger partial charge on any atom is -0.354 e. The Kier molecular flexibility index (Phi) is 5.07. The van der Waals surface area contributed by atoms with Gasteiger partial charge in [-0.3, -0.25) is 9.79 Å². The molecule has 1 N–H and O–H groups in total. The van der Waals surface area contributed by atoms with Crippen molar-refractivity contribution in [2.45, 2.75) is 6.42 Å². The van der Waals surface area contributed by atoms with Crippen molar-refractivity contribution >= 4 is 11.6 Å². The predicted molar refractivity (Wildman–Crippen MR) is 82.1 cm³/mol. The van der Waals surface area contributed by atoms with Gasteiger partial charge in [0.05, 0.1) is 0 Å². The number of rotatable bonds is 5. The summed E-state index contributed by atoms with van der Waals surface area (Å²) in [5.74, 6) is -0.149. The lowest BCUT2D eigenvalue weighted by Gasteiger charge is -2.06. The second kappa shape index (κ2) is 7.24. The molecule has 0 saturated carbocycles. The Morgan fingerprint density at radius 2 is 1.60 bits per heavy atom. The van der Waals surface area contributed by atoms with Gasteiger partial charge in [0, 0.05) is 19.2 Å². The monoisotopic (exact) mass is 266 g/mol. The van der Waals surface area contributed by atoms with E-state index in [9.17, 15) is 4.79 Å². The first kappa shape index (κ1) is 14.0. The van der Waals surface area contributed by atoms with Crippen LogP contribution in [-0.2, 0) is 11.2 Å². The molecule has 102 valence electrons. The lowest BCUT2D eigenvalue weighted by Crippen LogP contribution is -2.28. The molecule has 0 aliphatic rings. The smallest absolute Gasteiger partial charge is 0.269 e. The van der Waals surface area contributed by atoms with Crippen LogP contribution in [0, 0.1) is 0 Å². The van der Waals surface area contributed by atoms with Gasteiger partial charge in [-0.05, 0) is 12.0 Å². The lowest BCUT2D eigenvalue weighted by molar-refractivity contribution is -0.114. The van der Waals surface area contributed by atoms with Crippen LogP contribution in [0.3, 0.4) is 0 Å². The van der Waals surface area contributed by atoms with Crippen molar-refractivity contribution in [3.63, 3.8) is 0 Å². The largest absolute Gasteiger partial charge is 0.354 e. The molecule has 0 aliphatic carbocycles. The Hall–Kier alpha value is -2.42. The molecule has 1 amide bonds. The van der Waals surface area contributed by atoms with Gasteiger partial charge in [0.25, 0.3) is 5.91 Å². The third-order valence-electron chi connectivity index (χ3n) is 3.00. The van der Waals surface area contributed by atoms with Crippen molar-refractivity contribution in [1.29, 1.82) is 0 Å². The molecule has 0 unspecified atom stereocenters. The summed E-state index contributed by atoms with van der Waals surface area (Å²) in [5.41, 5.74) is 2.56. The van der Waals surface area contributed by atoms with E-state index in [-0.39, 0.29) is 5.91 Å². The number of carbonyl (C=O) groups is 1. The quantitative estimate of drug-likeness (QED) is 0.830. The first-order valence-corrected chi connectivity index (χ1v) is 6.67. The third kappa shape index (κ3) is 3.79. The number of benzene rings is 2. The summed E-state index contributed by atoms with van der Waals surface area (Å²) in [7, 11) is 1.62. The second-order valence-electron chi connectivity index (χ2n) is 4.41. The Balaban J connectivity index is 2.11. The summed E-state index contributed by atoms with van der Waals surface area (Å²) in [6.45, 7) is 0.599. The SMILES string of the molecule is CNC(=O)C(=NCCc1ccccc1)c1ccccc1. The van der Waals surface area contributed by atoms with Crippen LogP contribution < -0.4 is 5.32 Å². The molecule has 2 rings (SSSR count). The number of amides is 1. The van der Waals surface area contributed by atoms with Crippen molar-refractivity contribution in [2.24, 2.45) is 4.99 Å². The van der Waals surface area contributed by atoms with E-state index in [2.05, 4.69) is 22.4 Å². The number of nitrogens with one attached hydrogen (secondary N) is 1. The zero-order chi connectivity index (χ0) is 14.2. The summed E-state index contributed by atoms with van der Waals surface area (Å²) in [6.07, 6.45) is 0.828. The van der Waals surface area contributed by atoms with Crippen LogP contribution in [-0.4, -0.2) is 25.2 Å². The predicted octanol–water partition coefficient (Wildman–Crippen LogP) is 2.46. The number of carbonyl (C=O) groups excluding carboxylic acids is 1. The number of aliphatic imine (C=N–C) groups is 1. The van der Waals surface area contributed by atoms with E-state index in [4.69, 9.17) is 0 Å². The van der Waals surface area contributed by atoms with Gasteiger partial charge in [0.15, 0.2) is 0 Å². The molecule has 0 saturated heterocycles. The van der Waals surface area contributed by atoms with Crippen molar-refractivity contribution < 1.29 is 4.79 Å². The molecule has 0 aromatic heterocycles. The molecule has 0 atom stereocenters. The average molecular weight is 266 g/mol. The van der Waals surface area contributed by atoms with Crippen LogP contribution in [0.4, 0.5) is 0 Å². The van der Waals surface area contributed by atoms with Gasteiger partial charge in [0.1, 0.15) is 5.71 Å². The van der Waals surface area contributed by atoms with Gasteiger partial charge in [-0.2, -0.15) is 0 Å². The van der Waals surface area contributed by atoms with Gasteiger partial charge >= 0.3 is 0 Å². The maximum atomic E-state index is 11.9. The normalized spacial score (nSPS) is 11.2. The highest BCUT2D eigenvalue weighted by Crippen LogP contribution is 2.04. The highest BCUT2D eigenvalue weighted by molar-refractivity contribution is 6.45. The summed E-state index contributed by atoms with van der Waals surface area (Å²) >= 11 is 0. The molecule has 3 heteroatoms. The van der Waals surface area contributed by atoms with Crippen molar-refractivity contribution in [1.82, 2.24) is 5.32 Å². The van der Waals surface area contributed by atoms with Crippen molar-refractivity contribution in [2.75, 3.05) is 13.6 Å². The highest BCUT2D eigenvalue weighted by Gasteiger charge is 2.11. The lowest BCUT2D eigenvalue weighted by atomic mass is 10.1. The fourth-order valence-electron chi connectivity index (χ4n) is 1.95. The molecule has 20 heavy (non-hydrogen) atoms. The summed E-state index contributed by atoms with van der Waals surface area (Å²) in [5, 5.41) is 2.64. The number of nitrogens with zero attached hydrogens (tertiary/aromatic N) is 1. The standard InChI is InChI=1S/C17H18N2O/c1-18-17(20)16(15-10-6-3-7-11-15)19-13-12-14-8-4-2-5-9-14/h2-11H,12-13H2,1H3,(H,18,20). The second-order valence-corrected chi connectivity index (χ2v) is 4.41. The minimum atomic E-state index is -0.149. The molecule has 0 bridgehead atoms. The molecule has 0 radical (unpaired) electrons. The Morgan fingerprint density at radius 1 is 1.00 bits per heavy atom. The number of likely N-dealkylation sites (N-methyl/N-ethyl adjacent to an activating group) is 1. The summed E-state index contributed by atoms with van der Waals surface area (Å²) in [4.78, 5) is 16.4. The maximum absolute atomic E-state index is 11.9. The summed E-state index contributed by atoms with van der Waals surface area (Å²) < 4.78 is 0. The van der Waals surface area contributed by atoms with Crippen LogP contribution in [0.5, 0.6) is 0 Å². The van der Waals surface area contributed by atoms with Gasteiger partial charge in [-0.25, -0.2) is 0 Å². The zero-order valence-corrected chi connectivity index (χ0v) is 11.5. The molecular formula is C17H18N2O. The van der Waals surface area contributed by atoms with Crippen LogP contribution in [0.25, 0.3) is 0 Å². The van der Waals surface area contributed by atoms with E-state index in [1.807, 2.05) is 48.5 Å². The van der Waals surface area contributed by atoms with E-state index < -0.39 is 0 Å². The molecule has 3 nitrogen and oxygen atoms in total. The van der Waals surface area contributed by atoms with Crippen molar-refractivity contribution in [3.8, 4) is 0 Å². The minimum absolute atomic E-state index is 0.149. The highest BCUT2D eigenvalue weighted by atomic mass is 16.1. The number of hydrogen-bond donors (Lipinski definition) is 1. The Labute approximate surface area is 119 Å². The van der Waals surface area contributed by atoms with E-state index in [1.54, 1.807) is 7.05 Å². The molecule has 0 heterocycles. The fourth-order valence-corrected chi connectivity index (χ4v) is 1.95. The van der Waals surface area contributed by atoms with Gasteiger partial charge in [-0.1, -0.05) is 60.7 Å². The van der Waals surface area contributed by atoms with E-state index in [0.717, 1.165) is 12.0 Å². The maximum Gasteiger partial charge on any atom is 0.269 e. The average Bonchev–Trinajstić information content (AvgIpc) is 2.53. The molecule has 0 spiro atoms. The topological polar surface area (TPSA) is 41.5 Å². The van der Waals surface area contributed by atoms with Crippen LogP contribution in [0.15, 0.2) is 65.7 Å². The van der Waals surface area contributed by atoms with Gasteiger partial charge in [-0.15, -0.1) is 0 Å². The summed E-state index contributed by atoms with van der Waals surface area (Å²) in [6, 6.07) is 19.7. The first-order chi connectivity index (χ1) is 9.81.